The molecule has 1 unspecified atom stereocenters. The number of likely N-dealkylation sites (tertiary alicyclic amines) is 1. The van der Waals surface area contributed by atoms with E-state index in [4.69, 9.17) is 4.74 Å². The van der Waals surface area contributed by atoms with Gasteiger partial charge >= 0.3 is 0 Å². The number of carbonyl (C=O) groups excluding carboxylic acids is 2. The van der Waals surface area contributed by atoms with Crippen molar-refractivity contribution in [3.8, 4) is 5.88 Å². The minimum absolute atomic E-state index is 0.0101. The van der Waals surface area contributed by atoms with Crippen LogP contribution in [0.25, 0.3) is 0 Å². The van der Waals surface area contributed by atoms with E-state index in [1.54, 1.807) is 4.90 Å². The van der Waals surface area contributed by atoms with E-state index in [1.807, 2.05) is 6.92 Å². The van der Waals surface area contributed by atoms with Crippen LogP contribution in [0.2, 0.25) is 0 Å². The maximum atomic E-state index is 12.4. The third-order valence-corrected chi connectivity index (χ3v) is 3.26. The molecule has 114 valence electrons. The topological polar surface area (TPSA) is 84.4 Å². The first-order valence-electron chi connectivity index (χ1n) is 7.11. The van der Waals surface area contributed by atoms with Crippen molar-refractivity contribution in [1.82, 2.24) is 20.2 Å². The largest absolute Gasteiger partial charge is 0.477 e. The minimum atomic E-state index is -0.166. The smallest absolute Gasteiger partial charge is 0.274 e. The lowest BCUT2D eigenvalue weighted by Gasteiger charge is -2.32. The third-order valence-electron chi connectivity index (χ3n) is 3.26. The summed E-state index contributed by atoms with van der Waals surface area (Å²) >= 11 is 0. The second-order valence-electron chi connectivity index (χ2n) is 4.96. The molecule has 2 rings (SSSR count). The summed E-state index contributed by atoms with van der Waals surface area (Å²) in [5, 5.41) is 2.86. The lowest BCUT2D eigenvalue weighted by atomic mass is 10.1. The first-order valence-corrected chi connectivity index (χ1v) is 7.11. The molecule has 1 aromatic heterocycles. The van der Waals surface area contributed by atoms with Gasteiger partial charge in [-0.05, 0) is 19.8 Å². The van der Waals surface area contributed by atoms with E-state index in [0.717, 1.165) is 12.8 Å². The van der Waals surface area contributed by atoms with Gasteiger partial charge in [-0.25, -0.2) is 9.97 Å². The summed E-state index contributed by atoms with van der Waals surface area (Å²) in [6.07, 6.45) is 4.63. The van der Waals surface area contributed by atoms with Crippen molar-refractivity contribution in [3.05, 3.63) is 18.1 Å². The van der Waals surface area contributed by atoms with Crippen molar-refractivity contribution in [2.45, 2.75) is 32.7 Å². The van der Waals surface area contributed by atoms with Crippen molar-refractivity contribution in [2.75, 3.05) is 19.7 Å². The number of nitrogens with zero attached hydrogens (tertiary/aromatic N) is 3. The third kappa shape index (κ3) is 4.14. The SMILES string of the molecule is CCOc1cnc(C(=O)N2CCCC(NC(C)=O)C2)cn1. The standard InChI is InChI=1S/C14H20N4O3/c1-3-21-13-8-15-12(7-16-13)14(20)18-6-4-5-11(9-18)17-10(2)19/h7-8,11H,3-6,9H2,1-2H3,(H,17,19). The Morgan fingerprint density at radius 3 is 2.86 bits per heavy atom. The van der Waals surface area contributed by atoms with Crippen LogP contribution in [0, 0.1) is 0 Å². The number of amides is 2. The average Bonchev–Trinajstić information content (AvgIpc) is 2.47. The Bertz CT molecular complexity index is 503. The lowest BCUT2D eigenvalue weighted by Crippen LogP contribution is -2.49. The zero-order valence-corrected chi connectivity index (χ0v) is 12.3. The summed E-state index contributed by atoms with van der Waals surface area (Å²) < 4.78 is 5.20. The van der Waals surface area contributed by atoms with E-state index in [9.17, 15) is 9.59 Å². The molecular formula is C14H20N4O3. The maximum absolute atomic E-state index is 12.4. The Kier molecular flexibility index (Phi) is 5.08. The van der Waals surface area contributed by atoms with E-state index in [2.05, 4.69) is 15.3 Å². The van der Waals surface area contributed by atoms with Crippen molar-refractivity contribution < 1.29 is 14.3 Å². The van der Waals surface area contributed by atoms with Crippen LogP contribution in [-0.4, -0.2) is 52.4 Å². The molecule has 1 fully saturated rings. The number of ether oxygens (including phenoxy) is 1. The quantitative estimate of drug-likeness (QED) is 0.879. The zero-order chi connectivity index (χ0) is 15.2. The first-order chi connectivity index (χ1) is 10.1. The van der Waals surface area contributed by atoms with E-state index in [1.165, 1.54) is 19.3 Å². The highest BCUT2D eigenvalue weighted by Gasteiger charge is 2.25. The summed E-state index contributed by atoms with van der Waals surface area (Å²) in [6.45, 7) is 5.03. The van der Waals surface area contributed by atoms with Crippen LogP contribution in [0.15, 0.2) is 12.4 Å². The summed E-state index contributed by atoms with van der Waals surface area (Å²) in [4.78, 5) is 33.3. The molecule has 0 spiro atoms. The number of rotatable bonds is 4. The van der Waals surface area contributed by atoms with Crippen molar-refractivity contribution in [2.24, 2.45) is 0 Å². The van der Waals surface area contributed by atoms with Crippen molar-refractivity contribution in [1.29, 1.82) is 0 Å². The van der Waals surface area contributed by atoms with Crippen LogP contribution < -0.4 is 10.1 Å². The summed E-state index contributed by atoms with van der Waals surface area (Å²) in [5.41, 5.74) is 0.293. The highest BCUT2D eigenvalue weighted by Crippen LogP contribution is 2.13. The summed E-state index contributed by atoms with van der Waals surface area (Å²) in [5.74, 6) is 0.166. The number of carbonyl (C=O) groups is 2. The van der Waals surface area contributed by atoms with Gasteiger partial charge in [-0.2, -0.15) is 0 Å². The number of aromatic nitrogens is 2. The number of hydrogen-bond donors (Lipinski definition) is 1. The molecule has 2 heterocycles. The Balaban J connectivity index is 1.99. The molecule has 7 heteroatoms. The predicted octanol–water partition coefficient (Wildman–Crippen LogP) is 0.616. The molecule has 0 aliphatic carbocycles. The molecule has 0 bridgehead atoms. The average molecular weight is 292 g/mol. The maximum Gasteiger partial charge on any atom is 0.274 e. The number of hydrogen-bond acceptors (Lipinski definition) is 5. The molecule has 1 aromatic rings. The van der Waals surface area contributed by atoms with Gasteiger partial charge in [0.2, 0.25) is 11.8 Å². The Hall–Kier alpha value is -2.18. The summed E-state index contributed by atoms with van der Waals surface area (Å²) in [7, 11) is 0. The lowest BCUT2D eigenvalue weighted by molar-refractivity contribution is -0.120. The fourth-order valence-electron chi connectivity index (χ4n) is 2.38. The molecule has 0 radical (unpaired) electrons. The Morgan fingerprint density at radius 1 is 1.43 bits per heavy atom. The van der Waals surface area contributed by atoms with Gasteiger partial charge in [0.05, 0.1) is 19.0 Å². The van der Waals surface area contributed by atoms with Gasteiger partial charge in [-0.1, -0.05) is 0 Å². The summed E-state index contributed by atoms with van der Waals surface area (Å²) in [6, 6.07) is 0.0101. The molecule has 1 atom stereocenters. The molecule has 7 nitrogen and oxygen atoms in total. The molecule has 1 N–H and O–H groups in total. The molecule has 1 saturated heterocycles. The van der Waals surface area contributed by atoms with E-state index < -0.39 is 0 Å². The van der Waals surface area contributed by atoms with Crippen molar-refractivity contribution in [3.63, 3.8) is 0 Å². The van der Waals surface area contributed by atoms with Crippen LogP contribution in [0.4, 0.5) is 0 Å². The van der Waals surface area contributed by atoms with Crippen LogP contribution in [0.3, 0.4) is 0 Å². The van der Waals surface area contributed by atoms with Crippen molar-refractivity contribution >= 4 is 11.8 Å². The molecule has 2 amide bonds. The van der Waals surface area contributed by atoms with Gasteiger partial charge < -0.3 is 15.0 Å². The van der Waals surface area contributed by atoms with Gasteiger partial charge in [-0.15, -0.1) is 0 Å². The zero-order valence-electron chi connectivity index (χ0n) is 12.3. The highest BCUT2D eigenvalue weighted by molar-refractivity contribution is 5.92. The van der Waals surface area contributed by atoms with Crippen LogP contribution >= 0.6 is 0 Å². The second kappa shape index (κ2) is 7.01. The van der Waals surface area contributed by atoms with Crippen LogP contribution in [0.5, 0.6) is 5.88 Å². The Labute approximate surface area is 123 Å². The van der Waals surface area contributed by atoms with Crippen LogP contribution in [-0.2, 0) is 4.79 Å². The van der Waals surface area contributed by atoms with E-state index >= 15 is 0 Å². The number of piperidine rings is 1. The van der Waals surface area contributed by atoms with Gasteiger partial charge in [0.15, 0.2) is 0 Å². The highest BCUT2D eigenvalue weighted by atomic mass is 16.5. The molecule has 1 aliphatic rings. The fraction of sp³-hybridized carbons (Fsp3) is 0.571. The monoisotopic (exact) mass is 292 g/mol. The first kappa shape index (κ1) is 15.2. The van der Waals surface area contributed by atoms with Gasteiger partial charge in [-0.3, -0.25) is 9.59 Å². The number of nitrogens with one attached hydrogen (secondary N) is 1. The minimum Gasteiger partial charge on any atom is -0.477 e. The predicted molar refractivity (Wildman–Crippen MR) is 75.9 cm³/mol. The second-order valence-corrected chi connectivity index (χ2v) is 4.96. The van der Waals surface area contributed by atoms with E-state index in [0.29, 0.717) is 31.3 Å². The van der Waals surface area contributed by atoms with Gasteiger partial charge in [0.1, 0.15) is 5.69 Å². The normalized spacial score (nSPS) is 18.2. The van der Waals surface area contributed by atoms with Crippen LogP contribution in [0.1, 0.15) is 37.2 Å². The molecule has 0 aromatic carbocycles. The van der Waals surface area contributed by atoms with Gasteiger partial charge in [0, 0.05) is 26.1 Å². The molecule has 1 aliphatic heterocycles. The fourth-order valence-corrected chi connectivity index (χ4v) is 2.38. The van der Waals surface area contributed by atoms with E-state index in [-0.39, 0.29) is 17.9 Å². The van der Waals surface area contributed by atoms with Gasteiger partial charge in [0.25, 0.3) is 5.91 Å². The molecule has 0 saturated carbocycles. The Morgan fingerprint density at radius 2 is 2.24 bits per heavy atom. The molecule has 21 heavy (non-hydrogen) atoms. The molecular weight excluding hydrogens is 272 g/mol.